The third kappa shape index (κ3) is 2.16. The summed E-state index contributed by atoms with van der Waals surface area (Å²) < 4.78 is 16.2. The molecule has 1 fully saturated rings. The molecule has 3 rings (SSSR count). The number of pyridine rings is 1. The molecule has 0 spiro atoms. The van der Waals surface area contributed by atoms with E-state index in [4.69, 9.17) is 14.2 Å². The van der Waals surface area contributed by atoms with Crippen LogP contribution in [0.15, 0.2) is 18.3 Å². The molecule has 0 radical (unpaired) electrons. The summed E-state index contributed by atoms with van der Waals surface area (Å²) in [7, 11) is 0. The molecule has 0 unspecified atom stereocenters. The molecule has 1 atom stereocenters. The highest BCUT2D eigenvalue weighted by Gasteiger charge is 2.29. The zero-order valence-electron chi connectivity index (χ0n) is 9.87. The highest BCUT2D eigenvalue weighted by molar-refractivity contribution is 5.96. The molecule has 96 valence electrons. The van der Waals surface area contributed by atoms with Crippen molar-refractivity contribution < 1.29 is 19.0 Å². The van der Waals surface area contributed by atoms with E-state index in [1.54, 1.807) is 23.2 Å². The van der Waals surface area contributed by atoms with Gasteiger partial charge in [0.15, 0.2) is 18.2 Å². The van der Waals surface area contributed by atoms with Gasteiger partial charge >= 0.3 is 0 Å². The molecule has 1 aromatic rings. The smallest absolute Gasteiger partial charge is 0.266 e. The molecule has 0 saturated carbocycles. The second-order valence-corrected chi connectivity index (χ2v) is 4.19. The Hall–Kier alpha value is -1.66. The van der Waals surface area contributed by atoms with Gasteiger partial charge in [0.25, 0.3) is 5.91 Å². The number of anilines is 1. The van der Waals surface area contributed by atoms with Crippen LogP contribution >= 0.6 is 0 Å². The summed E-state index contributed by atoms with van der Waals surface area (Å²) in [4.78, 5) is 17.7. The molecule has 0 bridgehead atoms. The van der Waals surface area contributed by atoms with Gasteiger partial charge in [0.05, 0.1) is 32.5 Å². The molecule has 1 saturated heterocycles. The minimum absolute atomic E-state index is 0.0479. The number of ether oxygens (including phenoxy) is 3. The maximum Gasteiger partial charge on any atom is 0.266 e. The predicted octanol–water partition coefficient (Wildman–Crippen LogP) is 0.222. The summed E-state index contributed by atoms with van der Waals surface area (Å²) in [6.45, 7) is 2.19. The van der Waals surface area contributed by atoms with Gasteiger partial charge in [0, 0.05) is 6.20 Å². The molecule has 0 aliphatic carbocycles. The quantitative estimate of drug-likeness (QED) is 0.751. The van der Waals surface area contributed by atoms with Gasteiger partial charge in [-0.15, -0.1) is 0 Å². The van der Waals surface area contributed by atoms with Gasteiger partial charge in [-0.05, 0) is 12.1 Å². The lowest BCUT2D eigenvalue weighted by Gasteiger charge is -2.32. The first-order valence-corrected chi connectivity index (χ1v) is 5.92. The zero-order chi connectivity index (χ0) is 12.4. The van der Waals surface area contributed by atoms with Crippen molar-refractivity contribution in [2.24, 2.45) is 0 Å². The number of amides is 1. The predicted molar refractivity (Wildman–Crippen MR) is 62.6 cm³/mol. The van der Waals surface area contributed by atoms with Crippen LogP contribution in [0.1, 0.15) is 0 Å². The van der Waals surface area contributed by atoms with Gasteiger partial charge in [-0.1, -0.05) is 0 Å². The molecule has 6 heteroatoms. The molecule has 0 N–H and O–H groups in total. The summed E-state index contributed by atoms with van der Waals surface area (Å²) in [5, 5.41) is 0. The van der Waals surface area contributed by atoms with Crippen molar-refractivity contribution in [2.45, 2.75) is 6.10 Å². The van der Waals surface area contributed by atoms with Crippen molar-refractivity contribution in [3.8, 4) is 5.75 Å². The molecule has 6 nitrogen and oxygen atoms in total. The van der Waals surface area contributed by atoms with E-state index in [9.17, 15) is 4.79 Å². The number of fused-ring (bicyclic) bond motifs is 1. The van der Waals surface area contributed by atoms with Crippen molar-refractivity contribution >= 4 is 11.7 Å². The monoisotopic (exact) mass is 250 g/mol. The van der Waals surface area contributed by atoms with Gasteiger partial charge < -0.3 is 14.2 Å². The molecule has 2 aliphatic heterocycles. The Morgan fingerprint density at radius 3 is 3.22 bits per heavy atom. The van der Waals surface area contributed by atoms with E-state index in [1.807, 2.05) is 0 Å². The van der Waals surface area contributed by atoms with Crippen LogP contribution < -0.4 is 9.64 Å². The molecule has 1 amide bonds. The van der Waals surface area contributed by atoms with Gasteiger partial charge in [-0.3, -0.25) is 9.69 Å². The van der Waals surface area contributed by atoms with Crippen LogP contribution in [-0.2, 0) is 14.3 Å². The van der Waals surface area contributed by atoms with E-state index in [1.165, 1.54) is 0 Å². The number of aromatic nitrogens is 1. The van der Waals surface area contributed by atoms with Crippen LogP contribution in [-0.4, -0.2) is 50.0 Å². The van der Waals surface area contributed by atoms with Crippen molar-refractivity contribution in [2.75, 3.05) is 37.9 Å². The second-order valence-electron chi connectivity index (χ2n) is 4.19. The Kier molecular flexibility index (Phi) is 3.12. The lowest BCUT2D eigenvalue weighted by atomic mass is 10.2. The molecule has 0 aromatic carbocycles. The molecule has 1 aromatic heterocycles. The standard InChI is InChI=1S/C12H14N2O4/c15-11-8-18-10-2-1-3-13-12(10)14(11)6-9-7-16-4-5-17-9/h1-3,9H,4-8H2/t9-/m0/s1. The summed E-state index contributed by atoms with van der Waals surface area (Å²) >= 11 is 0. The van der Waals surface area contributed by atoms with Gasteiger partial charge in [0.1, 0.15) is 0 Å². The Bertz CT molecular complexity index is 445. The SMILES string of the molecule is O=C1COc2cccnc2N1C[C@H]1COCCO1. The van der Waals surface area contributed by atoms with Crippen LogP contribution in [0.4, 0.5) is 5.82 Å². The van der Waals surface area contributed by atoms with Crippen LogP contribution in [0, 0.1) is 0 Å². The normalized spacial score (nSPS) is 23.4. The summed E-state index contributed by atoms with van der Waals surface area (Å²) in [5.41, 5.74) is 0. The fraction of sp³-hybridized carbons (Fsp3) is 0.500. The number of carbonyl (C=O) groups excluding carboxylic acids is 1. The summed E-state index contributed by atoms with van der Waals surface area (Å²) in [6.07, 6.45) is 1.54. The summed E-state index contributed by atoms with van der Waals surface area (Å²) in [6, 6.07) is 3.59. The first kappa shape index (κ1) is 11.4. The van der Waals surface area contributed by atoms with E-state index in [0.717, 1.165) is 0 Å². The van der Waals surface area contributed by atoms with E-state index in [0.29, 0.717) is 37.9 Å². The Morgan fingerprint density at radius 1 is 1.44 bits per heavy atom. The van der Waals surface area contributed by atoms with Crippen molar-refractivity contribution in [1.82, 2.24) is 4.98 Å². The van der Waals surface area contributed by atoms with Gasteiger partial charge in [0.2, 0.25) is 0 Å². The maximum absolute atomic E-state index is 11.9. The number of carbonyl (C=O) groups is 1. The second kappa shape index (κ2) is 4.91. The Balaban J connectivity index is 1.79. The van der Waals surface area contributed by atoms with E-state index in [2.05, 4.69) is 4.98 Å². The van der Waals surface area contributed by atoms with E-state index >= 15 is 0 Å². The van der Waals surface area contributed by atoms with Crippen molar-refractivity contribution in [3.63, 3.8) is 0 Å². The molecule has 18 heavy (non-hydrogen) atoms. The average Bonchev–Trinajstić information content (AvgIpc) is 2.43. The maximum atomic E-state index is 11.9. The minimum Gasteiger partial charge on any atom is -0.480 e. The lowest BCUT2D eigenvalue weighted by Crippen LogP contribution is -2.46. The average molecular weight is 250 g/mol. The molecule has 3 heterocycles. The first-order chi connectivity index (χ1) is 8.84. The third-order valence-electron chi connectivity index (χ3n) is 2.93. The largest absolute Gasteiger partial charge is 0.480 e. The van der Waals surface area contributed by atoms with Gasteiger partial charge in [-0.25, -0.2) is 4.98 Å². The Morgan fingerprint density at radius 2 is 2.39 bits per heavy atom. The van der Waals surface area contributed by atoms with Crippen LogP contribution in [0.2, 0.25) is 0 Å². The summed E-state index contributed by atoms with van der Waals surface area (Å²) in [5.74, 6) is 1.09. The highest BCUT2D eigenvalue weighted by atomic mass is 16.6. The lowest BCUT2D eigenvalue weighted by molar-refractivity contribution is -0.123. The van der Waals surface area contributed by atoms with Crippen molar-refractivity contribution in [1.29, 1.82) is 0 Å². The number of nitrogens with zero attached hydrogens (tertiary/aromatic N) is 2. The van der Waals surface area contributed by atoms with Crippen molar-refractivity contribution in [3.05, 3.63) is 18.3 Å². The number of hydrogen-bond donors (Lipinski definition) is 0. The fourth-order valence-electron chi connectivity index (χ4n) is 2.07. The molecule has 2 aliphatic rings. The number of rotatable bonds is 2. The van der Waals surface area contributed by atoms with E-state index < -0.39 is 0 Å². The number of hydrogen-bond acceptors (Lipinski definition) is 5. The fourth-order valence-corrected chi connectivity index (χ4v) is 2.07. The topological polar surface area (TPSA) is 60.9 Å². The van der Waals surface area contributed by atoms with E-state index in [-0.39, 0.29) is 18.6 Å². The highest BCUT2D eigenvalue weighted by Crippen LogP contribution is 2.29. The zero-order valence-corrected chi connectivity index (χ0v) is 9.87. The molecular weight excluding hydrogens is 236 g/mol. The van der Waals surface area contributed by atoms with Crippen LogP contribution in [0.25, 0.3) is 0 Å². The van der Waals surface area contributed by atoms with Crippen LogP contribution in [0.5, 0.6) is 5.75 Å². The first-order valence-electron chi connectivity index (χ1n) is 5.92. The molecular formula is C12H14N2O4. The Labute approximate surface area is 104 Å². The third-order valence-corrected chi connectivity index (χ3v) is 2.93. The minimum atomic E-state index is -0.102. The van der Waals surface area contributed by atoms with Gasteiger partial charge in [-0.2, -0.15) is 0 Å². The van der Waals surface area contributed by atoms with Crippen LogP contribution in [0.3, 0.4) is 0 Å².